The number of H-pyrrole nitrogens is 2. The van der Waals surface area contributed by atoms with Crippen LogP contribution in [0.25, 0.3) is 57.5 Å². The van der Waals surface area contributed by atoms with Gasteiger partial charge in [0.2, 0.25) is 0 Å². The quantitative estimate of drug-likeness (QED) is 0.194. The number of ether oxygens (including phenoxy) is 1. The molecule has 2 aliphatic heterocycles. The number of hydrogen-bond donors (Lipinski definition) is 2. The fourth-order valence-corrected chi connectivity index (χ4v) is 4.72. The normalized spacial score (nSPS) is 12.7. The van der Waals surface area contributed by atoms with Crippen LogP contribution in [0.15, 0.2) is 66.7 Å². The van der Waals surface area contributed by atoms with Crippen molar-refractivity contribution in [3.05, 3.63) is 89.5 Å². The molecule has 1 aromatic carbocycles. The molecule has 0 fully saturated rings. The molecule has 0 radical (unpaired) electrons. The molecule has 0 saturated heterocycles. The van der Waals surface area contributed by atoms with Crippen LogP contribution >= 0.6 is 0 Å². The van der Waals surface area contributed by atoms with Gasteiger partial charge in [0.1, 0.15) is 5.75 Å². The first-order chi connectivity index (χ1) is 18.4. The molecule has 0 unspecified atom stereocenters. The minimum Gasteiger partial charge on any atom is -0.493 e. The van der Waals surface area contributed by atoms with E-state index in [4.69, 9.17) is 14.7 Å². The molecule has 2 N–H and O–H groups in total. The van der Waals surface area contributed by atoms with Crippen LogP contribution in [0.3, 0.4) is 0 Å². The Morgan fingerprint density at radius 2 is 1.29 bits per heavy atom. The monoisotopic (exact) mass is 502 g/mol. The second-order valence-corrected chi connectivity index (χ2v) is 10.8. The summed E-state index contributed by atoms with van der Waals surface area (Å²) in [5, 5.41) is 0. The largest absolute Gasteiger partial charge is 0.493 e. The molecule has 5 heterocycles. The molecular formula is C32H32N5O+. The standard InChI is InChI=1S/C32H32N5O/c1-37(2,3)15-4-16-38-30-13-5-22(6-14-30)31-20-29-19-27-10-9-25(34-27)17-23-7-8-24(33-23)18-26-11-12-28(35-26)21-32(31)36-29/h5-14,17-21,34,36H,4,15-16H2,1-3H3/q+1. The molecule has 38 heavy (non-hydrogen) atoms. The maximum Gasteiger partial charge on any atom is 0.119 e. The van der Waals surface area contributed by atoms with Gasteiger partial charge in [-0.15, -0.1) is 0 Å². The second-order valence-electron chi connectivity index (χ2n) is 10.8. The van der Waals surface area contributed by atoms with Gasteiger partial charge in [-0.3, -0.25) is 0 Å². The van der Waals surface area contributed by atoms with E-state index in [9.17, 15) is 0 Å². The number of quaternary nitrogens is 1. The maximum atomic E-state index is 6.00. The third-order valence-electron chi connectivity index (χ3n) is 6.58. The van der Waals surface area contributed by atoms with Gasteiger partial charge in [-0.1, -0.05) is 12.1 Å². The highest BCUT2D eigenvalue weighted by molar-refractivity contribution is 5.88. The van der Waals surface area contributed by atoms with Crippen LogP contribution < -0.4 is 4.74 Å². The summed E-state index contributed by atoms with van der Waals surface area (Å²) in [5.74, 6) is 0.894. The van der Waals surface area contributed by atoms with Gasteiger partial charge in [0.15, 0.2) is 0 Å². The minimum atomic E-state index is 0.718. The van der Waals surface area contributed by atoms with Gasteiger partial charge in [-0.2, -0.15) is 0 Å². The third kappa shape index (κ3) is 5.61. The predicted octanol–water partition coefficient (Wildman–Crippen LogP) is 6.80. The van der Waals surface area contributed by atoms with Gasteiger partial charge in [0.25, 0.3) is 0 Å². The molecule has 6 heteroatoms. The van der Waals surface area contributed by atoms with Gasteiger partial charge >= 0.3 is 0 Å². The van der Waals surface area contributed by atoms with Crippen molar-refractivity contribution in [1.29, 1.82) is 0 Å². The third-order valence-corrected chi connectivity index (χ3v) is 6.58. The lowest BCUT2D eigenvalue weighted by Crippen LogP contribution is -2.35. The molecule has 4 aromatic rings. The molecule has 3 aromatic heterocycles. The molecular weight excluding hydrogens is 470 g/mol. The molecule has 2 aliphatic rings. The first kappa shape index (κ1) is 23.9. The number of benzene rings is 1. The van der Waals surface area contributed by atoms with Crippen LogP contribution in [0.4, 0.5) is 0 Å². The van der Waals surface area contributed by atoms with Gasteiger partial charge in [0, 0.05) is 34.1 Å². The van der Waals surface area contributed by atoms with Gasteiger partial charge in [0.05, 0.1) is 57.1 Å². The first-order valence-electron chi connectivity index (χ1n) is 13.0. The molecule has 6 rings (SSSR count). The molecule has 0 amide bonds. The van der Waals surface area contributed by atoms with E-state index in [1.54, 1.807) is 0 Å². The van der Waals surface area contributed by atoms with Crippen molar-refractivity contribution < 1.29 is 9.22 Å². The highest BCUT2D eigenvalue weighted by Gasteiger charge is 2.09. The summed E-state index contributed by atoms with van der Waals surface area (Å²) in [6, 6.07) is 23.0. The number of nitrogens with zero attached hydrogens (tertiary/aromatic N) is 3. The van der Waals surface area contributed by atoms with E-state index in [2.05, 4.69) is 91.8 Å². The molecule has 0 saturated carbocycles. The number of aromatic amines is 2. The van der Waals surface area contributed by atoms with Crippen LogP contribution in [0.2, 0.25) is 0 Å². The maximum absolute atomic E-state index is 6.00. The van der Waals surface area contributed by atoms with E-state index < -0.39 is 0 Å². The van der Waals surface area contributed by atoms with Crippen LogP contribution in [0.5, 0.6) is 5.75 Å². The van der Waals surface area contributed by atoms with Crippen LogP contribution in [-0.4, -0.2) is 58.7 Å². The predicted molar refractivity (Wildman–Crippen MR) is 157 cm³/mol. The Bertz CT molecular complexity index is 1700. The Kier molecular flexibility index (Phi) is 6.18. The highest BCUT2D eigenvalue weighted by Crippen LogP contribution is 2.29. The van der Waals surface area contributed by atoms with E-state index in [1.165, 1.54) is 0 Å². The molecule has 8 bridgehead atoms. The van der Waals surface area contributed by atoms with Gasteiger partial charge < -0.3 is 19.2 Å². The summed E-state index contributed by atoms with van der Waals surface area (Å²) in [4.78, 5) is 16.6. The van der Waals surface area contributed by atoms with E-state index in [0.29, 0.717) is 0 Å². The van der Waals surface area contributed by atoms with Crippen molar-refractivity contribution in [2.24, 2.45) is 0 Å². The summed E-state index contributed by atoms with van der Waals surface area (Å²) in [7, 11) is 6.61. The second kappa shape index (κ2) is 9.80. The fraction of sp³-hybridized carbons (Fsp3) is 0.188. The smallest absolute Gasteiger partial charge is 0.119 e. The Morgan fingerprint density at radius 3 is 1.97 bits per heavy atom. The SMILES string of the molecule is C[N+](C)(C)CCCOc1ccc(-c2cc3cc4ccc(cc5nc(cc6nc(cc2[nH]3)C=C6)C=C5)[nH]4)cc1. The molecule has 0 spiro atoms. The Morgan fingerprint density at radius 1 is 0.658 bits per heavy atom. The molecule has 0 atom stereocenters. The number of rotatable bonds is 6. The lowest BCUT2D eigenvalue weighted by Gasteiger charge is -2.23. The minimum absolute atomic E-state index is 0.718. The van der Waals surface area contributed by atoms with Crippen LogP contribution in [-0.2, 0) is 0 Å². The average molecular weight is 503 g/mol. The van der Waals surface area contributed by atoms with Crippen molar-refractivity contribution in [2.75, 3.05) is 34.3 Å². The van der Waals surface area contributed by atoms with Crippen molar-refractivity contribution in [3.63, 3.8) is 0 Å². The van der Waals surface area contributed by atoms with E-state index >= 15 is 0 Å². The van der Waals surface area contributed by atoms with E-state index in [0.717, 1.165) is 85.8 Å². The number of aromatic nitrogens is 4. The molecule has 0 aliphatic carbocycles. The highest BCUT2D eigenvalue weighted by atomic mass is 16.5. The summed E-state index contributed by atoms with van der Waals surface area (Å²) in [5.41, 5.74) is 9.90. The van der Waals surface area contributed by atoms with Crippen molar-refractivity contribution in [3.8, 4) is 16.9 Å². The van der Waals surface area contributed by atoms with Crippen molar-refractivity contribution in [1.82, 2.24) is 19.9 Å². The number of nitrogens with one attached hydrogen (secondary N) is 2. The van der Waals surface area contributed by atoms with E-state index in [1.807, 2.05) is 30.4 Å². The number of fused-ring (bicyclic) bond motifs is 8. The van der Waals surface area contributed by atoms with Gasteiger partial charge in [-0.05, 0) is 84.5 Å². The zero-order chi connectivity index (χ0) is 26.1. The summed E-state index contributed by atoms with van der Waals surface area (Å²) in [6.45, 7) is 1.80. The van der Waals surface area contributed by atoms with Crippen molar-refractivity contribution in [2.45, 2.75) is 6.42 Å². The van der Waals surface area contributed by atoms with Gasteiger partial charge in [-0.25, -0.2) is 9.97 Å². The summed E-state index contributed by atoms with van der Waals surface area (Å²) in [6.07, 6.45) is 9.13. The summed E-state index contributed by atoms with van der Waals surface area (Å²) < 4.78 is 6.94. The Balaban J connectivity index is 1.40. The molecule has 190 valence electrons. The van der Waals surface area contributed by atoms with Crippen LogP contribution in [0.1, 0.15) is 29.2 Å². The molecule has 6 nitrogen and oxygen atoms in total. The Hall–Kier alpha value is -4.42. The summed E-state index contributed by atoms with van der Waals surface area (Å²) >= 11 is 0. The first-order valence-corrected chi connectivity index (χ1v) is 13.0. The van der Waals surface area contributed by atoms with E-state index in [-0.39, 0.29) is 0 Å². The van der Waals surface area contributed by atoms with Crippen molar-refractivity contribution >= 4 is 46.4 Å². The van der Waals surface area contributed by atoms with Crippen LogP contribution in [0, 0.1) is 0 Å². The lowest BCUT2D eigenvalue weighted by atomic mass is 10.1. The Labute approximate surface area is 222 Å². The zero-order valence-corrected chi connectivity index (χ0v) is 22.0. The lowest BCUT2D eigenvalue weighted by molar-refractivity contribution is -0.870. The fourth-order valence-electron chi connectivity index (χ4n) is 4.72. The topological polar surface area (TPSA) is 66.6 Å². The average Bonchev–Trinajstić information content (AvgIpc) is 3.67. The zero-order valence-electron chi connectivity index (χ0n) is 22.0. The number of hydrogen-bond acceptors (Lipinski definition) is 3.